The lowest BCUT2D eigenvalue weighted by atomic mass is 10.1. The monoisotopic (exact) mass is 283 g/mol. The number of rotatable bonds is 4. The predicted octanol–water partition coefficient (Wildman–Crippen LogP) is 3.50. The molecule has 5 heteroatoms. The molecule has 0 aromatic heterocycles. The van der Waals surface area contributed by atoms with E-state index in [-0.39, 0.29) is 22.8 Å². The Hall–Kier alpha value is -2.95. The molecule has 2 rings (SSSR count). The van der Waals surface area contributed by atoms with Crippen LogP contribution in [-0.4, -0.2) is 15.8 Å². The molecule has 106 valence electrons. The highest BCUT2D eigenvalue weighted by molar-refractivity contribution is 6.08. The number of nitrogens with zero attached hydrogens (tertiary/aromatic N) is 1. The van der Waals surface area contributed by atoms with Crippen molar-refractivity contribution in [3.63, 3.8) is 0 Å². The molecule has 5 nitrogen and oxygen atoms in total. The maximum atomic E-state index is 12.0. The van der Waals surface area contributed by atoms with Crippen LogP contribution in [0.1, 0.15) is 21.5 Å². The summed E-state index contributed by atoms with van der Waals surface area (Å²) in [6, 6.07) is 10.7. The van der Waals surface area contributed by atoms with Crippen LogP contribution in [0.25, 0.3) is 6.08 Å². The van der Waals surface area contributed by atoms with Gasteiger partial charge in [0, 0.05) is 12.1 Å². The fourth-order valence-corrected chi connectivity index (χ4v) is 1.85. The number of aryl methyl sites for hydroxylation is 1. The molecular formula is C16H13NO4. The van der Waals surface area contributed by atoms with Crippen LogP contribution in [0, 0.1) is 17.0 Å². The Morgan fingerprint density at radius 3 is 2.71 bits per heavy atom. The second kappa shape index (κ2) is 6.00. The third-order valence-electron chi connectivity index (χ3n) is 2.93. The Morgan fingerprint density at radius 2 is 2.00 bits per heavy atom. The van der Waals surface area contributed by atoms with Gasteiger partial charge in [-0.3, -0.25) is 14.9 Å². The Labute approximate surface area is 121 Å². The van der Waals surface area contributed by atoms with Crippen LogP contribution in [0.4, 0.5) is 5.69 Å². The number of aromatic hydroxyl groups is 1. The van der Waals surface area contributed by atoms with Crippen LogP contribution in [0.2, 0.25) is 0 Å². The van der Waals surface area contributed by atoms with Gasteiger partial charge in [-0.05, 0) is 30.7 Å². The minimum Gasteiger partial charge on any atom is -0.507 e. The number of allylic oxidation sites excluding steroid dienone is 1. The summed E-state index contributed by atoms with van der Waals surface area (Å²) in [5.74, 6) is -0.447. The summed E-state index contributed by atoms with van der Waals surface area (Å²) in [5, 5.41) is 20.4. The van der Waals surface area contributed by atoms with Gasteiger partial charge in [-0.1, -0.05) is 29.8 Å². The molecule has 0 amide bonds. The first-order valence-electron chi connectivity index (χ1n) is 6.24. The number of benzene rings is 2. The van der Waals surface area contributed by atoms with Crippen LogP contribution < -0.4 is 0 Å². The first-order valence-corrected chi connectivity index (χ1v) is 6.24. The van der Waals surface area contributed by atoms with E-state index in [9.17, 15) is 20.0 Å². The van der Waals surface area contributed by atoms with Gasteiger partial charge < -0.3 is 5.11 Å². The molecule has 2 aromatic rings. The SMILES string of the molecule is Cc1ccc(O)c(C(=O)/C=C/c2cccc([N+](=O)[O-])c2)c1. The average molecular weight is 283 g/mol. The second-order valence-corrected chi connectivity index (χ2v) is 4.57. The van der Waals surface area contributed by atoms with Crippen molar-refractivity contribution < 1.29 is 14.8 Å². The van der Waals surface area contributed by atoms with Gasteiger partial charge in [0.2, 0.25) is 0 Å². The number of non-ortho nitro benzene ring substituents is 1. The van der Waals surface area contributed by atoms with Crippen molar-refractivity contribution in [1.82, 2.24) is 0 Å². The zero-order chi connectivity index (χ0) is 15.4. The molecule has 0 heterocycles. The number of phenols is 1. The molecule has 0 saturated heterocycles. The Bertz CT molecular complexity index is 735. The standard InChI is InChI=1S/C16H13NO4/c1-11-5-7-15(18)14(9-11)16(19)8-6-12-3-2-4-13(10-12)17(20)21/h2-10,18H,1H3/b8-6+. The molecule has 0 atom stereocenters. The summed E-state index contributed by atoms with van der Waals surface area (Å²) in [4.78, 5) is 22.2. The lowest BCUT2D eigenvalue weighted by Crippen LogP contribution is -1.95. The van der Waals surface area contributed by atoms with Gasteiger partial charge in [0.25, 0.3) is 5.69 Å². The van der Waals surface area contributed by atoms with Crippen molar-refractivity contribution in [3.05, 3.63) is 75.3 Å². The van der Waals surface area contributed by atoms with Crippen molar-refractivity contribution in [2.45, 2.75) is 6.92 Å². The minimum atomic E-state index is -0.494. The topological polar surface area (TPSA) is 80.4 Å². The minimum absolute atomic E-state index is 0.0389. The molecule has 21 heavy (non-hydrogen) atoms. The molecule has 0 saturated carbocycles. The summed E-state index contributed by atoms with van der Waals surface area (Å²) in [6.45, 7) is 1.82. The maximum Gasteiger partial charge on any atom is 0.270 e. The Morgan fingerprint density at radius 1 is 1.24 bits per heavy atom. The van der Waals surface area contributed by atoms with Crippen LogP contribution in [0.5, 0.6) is 5.75 Å². The Balaban J connectivity index is 2.24. The smallest absolute Gasteiger partial charge is 0.270 e. The number of hydrogen-bond acceptors (Lipinski definition) is 4. The number of nitro groups is 1. The van der Waals surface area contributed by atoms with Crippen molar-refractivity contribution in [1.29, 1.82) is 0 Å². The maximum absolute atomic E-state index is 12.0. The first kappa shape index (κ1) is 14.5. The highest BCUT2D eigenvalue weighted by Gasteiger charge is 2.09. The molecule has 0 aliphatic carbocycles. The molecule has 0 spiro atoms. The van der Waals surface area contributed by atoms with Crippen LogP contribution in [0.15, 0.2) is 48.5 Å². The molecule has 0 fully saturated rings. The van der Waals surface area contributed by atoms with Crippen LogP contribution in [-0.2, 0) is 0 Å². The van der Waals surface area contributed by atoms with Crippen molar-refractivity contribution in [3.8, 4) is 5.75 Å². The third-order valence-corrected chi connectivity index (χ3v) is 2.93. The molecule has 0 aliphatic heterocycles. The van der Waals surface area contributed by atoms with Gasteiger partial charge in [-0.25, -0.2) is 0 Å². The van der Waals surface area contributed by atoms with Crippen molar-refractivity contribution >= 4 is 17.5 Å². The number of carbonyl (C=O) groups is 1. The van der Waals surface area contributed by atoms with Crippen molar-refractivity contribution in [2.24, 2.45) is 0 Å². The van der Waals surface area contributed by atoms with E-state index in [1.54, 1.807) is 24.3 Å². The molecule has 0 unspecified atom stereocenters. The molecule has 2 aromatic carbocycles. The lowest BCUT2D eigenvalue weighted by molar-refractivity contribution is -0.384. The van der Waals surface area contributed by atoms with Gasteiger partial charge in [-0.15, -0.1) is 0 Å². The summed E-state index contributed by atoms with van der Waals surface area (Å²) < 4.78 is 0. The van der Waals surface area contributed by atoms with E-state index in [4.69, 9.17) is 0 Å². The van der Waals surface area contributed by atoms with Crippen LogP contribution in [0.3, 0.4) is 0 Å². The zero-order valence-electron chi connectivity index (χ0n) is 11.3. The van der Waals surface area contributed by atoms with E-state index in [2.05, 4.69) is 0 Å². The van der Waals surface area contributed by atoms with E-state index < -0.39 is 4.92 Å². The number of nitro benzene ring substituents is 1. The molecule has 0 aliphatic rings. The fourth-order valence-electron chi connectivity index (χ4n) is 1.85. The van der Waals surface area contributed by atoms with E-state index in [1.807, 2.05) is 6.92 Å². The molecule has 0 bridgehead atoms. The highest BCUT2D eigenvalue weighted by Crippen LogP contribution is 2.20. The number of carbonyl (C=O) groups excluding carboxylic acids is 1. The lowest BCUT2D eigenvalue weighted by Gasteiger charge is -2.01. The summed E-state index contributed by atoms with van der Waals surface area (Å²) >= 11 is 0. The summed E-state index contributed by atoms with van der Waals surface area (Å²) in [5.41, 5.74) is 1.57. The van der Waals surface area contributed by atoms with Gasteiger partial charge in [0.05, 0.1) is 10.5 Å². The van der Waals surface area contributed by atoms with E-state index in [0.29, 0.717) is 5.56 Å². The predicted molar refractivity (Wildman–Crippen MR) is 79.3 cm³/mol. The van der Waals surface area contributed by atoms with Gasteiger partial charge in [0.1, 0.15) is 5.75 Å². The average Bonchev–Trinajstić information content (AvgIpc) is 2.47. The van der Waals surface area contributed by atoms with E-state index >= 15 is 0 Å². The van der Waals surface area contributed by atoms with E-state index in [0.717, 1.165) is 5.56 Å². The van der Waals surface area contributed by atoms with Gasteiger partial charge >= 0.3 is 0 Å². The largest absolute Gasteiger partial charge is 0.507 e. The van der Waals surface area contributed by atoms with Crippen molar-refractivity contribution in [2.75, 3.05) is 0 Å². The Kier molecular flexibility index (Phi) is 4.13. The fraction of sp³-hybridized carbons (Fsp3) is 0.0625. The van der Waals surface area contributed by atoms with Gasteiger partial charge in [0.15, 0.2) is 5.78 Å². The molecule has 0 radical (unpaired) electrons. The summed E-state index contributed by atoms with van der Waals surface area (Å²) in [6.07, 6.45) is 2.77. The normalized spacial score (nSPS) is 10.7. The zero-order valence-corrected chi connectivity index (χ0v) is 11.3. The first-order chi connectivity index (χ1) is 9.97. The van der Waals surface area contributed by atoms with Gasteiger partial charge in [-0.2, -0.15) is 0 Å². The van der Waals surface area contributed by atoms with E-state index in [1.165, 1.54) is 30.4 Å². The molecule has 1 N–H and O–H groups in total. The number of phenolic OH excluding ortho intramolecular Hbond substituents is 1. The number of hydrogen-bond donors (Lipinski definition) is 1. The third kappa shape index (κ3) is 3.54. The summed E-state index contributed by atoms with van der Waals surface area (Å²) in [7, 11) is 0. The highest BCUT2D eigenvalue weighted by atomic mass is 16.6. The quantitative estimate of drug-likeness (QED) is 0.403. The number of ketones is 1. The second-order valence-electron chi connectivity index (χ2n) is 4.57. The molecular weight excluding hydrogens is 270 g/mol. The van der Waals surface area contributed by atoms with Crippen LogP contribution >= 0.6 is 0 Å².